The topological polar surface area (TPSA) is 26.3 Å². The molecule has 2 heteroatoms. The van der Waals surface area contributed by atoms with Crippen LogP contribution in [0.4, 0.5) is 0 Å². The summed E-state index contributed by atoms with van der Waals surface area (Å²) in [5.74, 6) is 3.92. The Hall–Kier alpha value is -2.01. The van der Waals surface area contributed by atoms with E-state index in [1.165, 1.54) is 0 Å². The Morgan fingerprint density at radius 2 is 2.00 bits per heavy atom. The van der Waals surface area contributed by atoms with Crippen molar-refractivity contribution in [1.29, 1.82) is 0 Å². The molecule has 114 valence electrons. The minimum absolute atomic E-state index is 0.0613. The molecule has 2 fully saturated rings. The number of hydrogen-bond donors (Lipinski definition) is 0. The van der Waals surface area contributed by atoms with Crippen molar-refractivity contribution in [2.45, 2.75) is 33.6 Å². The molecule has 2 bridgehead atoms. The second kappa shape index (κ2) is 5.02. The van der Waals surface area contributed by atoms with Crippen molar-refractivity contribution in [3.63, 3.8) is 0 Å². The molecule has 0 heterocycles. The van der Waals surface area contributed by atoms with Gasteiger partial charge >= 0.3 is 0 Å². The standard InChI is InChI=1S/C20H22O2/c1-5-12-22-15-8-6-14(7-9-15)13-16-17-10-11-20(4,18(16)21)19(17,2)3/h1,6-9,13,17H,10-12H2,2-4H3. The lowest BCUT2D eigenvalue weighted by Gasteiger charge is -2.31. The third kappa shape index (κ3) is 2.00. The average molecular weight is 294 g/mol. The highest BCUT2D eigenvalue weighted by atomic mass is 16.5. The molecule has 1 aromatic carbocycles. The van der Waals surface area contributed by atoms with Gasteiger partial charge in [-0.25, -0.2) is 0 Å². The maximum absolute atomic E-state index is 12.8. The zero-order valence-corrected chi connectivity index (χ0v) is 13.5. The van der Waals surface area contributed by atoms with E-state index in [1.807, 2.05) is 24.3 Å². The molecule has 2 aliphatic rings. The van der Waals surface area contributed by atoms with Gasteiger partial charge < -0.3 is 4.74 Å². The summed E-state index contributed by atoms with van der Waals surface area (Å²) in [6.45, 7) is 6.88. The second-order valence-electron chi connectivity index (χ2n) is 7.14. The predicted molar refractivity (Wildman–Crippen MR) is 88.4 cm³/mol. The molecular formula is C20H22O2. The Kier molecular flexibility index (Phi) is 3.40. The maximum atomic E-state index is 12.8. The van der Waals surface area contributed by atoms with Crippen LogP contribution in [0, 0.1) is 29.1 Å². The molecule has 2 saturated carbocycles. The molecule has 0 aliphatic heterocycles. The van der Waals surface area contributed by atoms with Gasteiger partial charge in [0.15, 0.2) is 5.78 Å². The summed E-state index contributed by atoms with van der Waals surface area (Å²) >= 11 is 0. The fraction of sp³-hybridized carbons (Fsp3) is 0.450. The Balaban J connectivity index is 1.88. The molecule has 0 spiro atoms. The first-order valence-corrected chi connectivity index (χ1v) is 7.83. The molecule has 0 aromatic heterocycles. The largest absolute Gasteiger partial charge is 0.481 e. The summed E-state index contributed by atoms with van der Waals surface area (Å²) in [6, 6.07) is 7.75. The van der Waals surface area contributed by atoms with Gasteiger partial charge in [-0.05, 0) is 53.5 Å². The molecule has 0 saturated heterocycles. The fourth-order valence-corrected chi connectivity index (χ4v) is 4.06. The van der Waals surface area contributed by atoms with Crippen LogP contribution < -0.4 is 4.74 Å². The van der Waals surface area contributed by atoms with Crippen molar-refractivity contribution >= 4 is 11.9 Å². The number of carbonyl (C=O) groups excluding carboxylic acids is 1. The van der Waals surface area contributed by atoms with E-state index in [4.69, 9.17) is 11.2 Å². The summed E-state index contributed by atoms with van der Waals surface area (Å²) in [5.41, 5.74) is 1.91. The third-order valence-corrected chi connectivity index (χ3v) is 5.89. The molecule has 0 N–H and O–H groups in total. The fourth-order valence-electron chi connectivity index (χ4n) is 4.06. The highest BCUT2D eigenvalue weighted by molar-refractivity contribution is 6.07. The van der Waals surface area contributed by atoms with Crippen LogP contribution in [0.3, 0.4) is 0 Å². The van der Waals surface area contributed by atoms with E-state index in [-0.39, 0.29) is 17.4 Å². The lowest BCUT2D eigenvalue weighted by molar-refractivity contribution is -0.125. The zero-order valence-electron chi connectivity index (χ0n) is 13.5. The number of Topliss-reactive ketones (excluding diaryl/α,β-unsaturated/α-hetero) is 1. The Labute approximate surface area is 132 Å². The molecule has 2 aliphatic carbocycles. The number of terminal acetylenes is 1. The van der Waals surface area contributed by atoms with Gasteiger partial charge in [0.25, 0.3) is 0 Å². The molecule has 2 atom stereocenters. The lowest BCUT2D eigenvalue weighted by atomic mass is 9.70. The van der Waals surface area contributed by atoms with Gasteiger partial charge in [0.05, 0.1) is 0 Å². The normalized spacial score (nSPS) is 30.5. The van der Waals surface area contributed by atoms with E-state index in [0.29, 0.717) is 11.7 Å². The Bertz CT molecular complexity index is 673. The van der Waals surface area contributed by atoms with Crippen molar-refractivity contribution in [3.8, 4) is 18.1 Å². The van der Waals surface area contributed by atoms with Gasteiger partial charge in [-0.1, -0.05) is 38.8 Å². The summed E-state index contributed by atoms with van der Waals surface area (Å²) in [7, 11) is 0. The summed E-state index contributed by atoms with van der Waals surface area (Å²) in [5, 5.41) is 0. The van der Waals surface area contributed by atoms with Crippen molar-refractivity contribution in [2.75, 3.05) is 6.61 Å². The quantitative estimate of drug-likeness (QED) is 0.619. The molecule has 0 amide bonds. The zero-order chi connectivity index (χ0) is 16.0. The molecule has 2 unspecified atom stereocenters. The van der Waals surface area contributed by atoms with Crippen LogP contribution in [0.15, 0.2) is 29.8 Å². The van der Waals surface area contributed by atoms with Gasteiger partial charge in [0, 0.05) is 5.41 Å². The first-order valence-electron chi connectivity index (χ1n) is 7.83. The maximum Gasteiger partial charge on any atom is 0.165 e. The molecule has 2 nitrogen and oxygen atoms in total. The summed E-state index contributed by atoms with van der Waals surface area (Å²) in [4.78, 5) is 12.8. The van der Waals surface area contributed by atoms with Gasteiger partial charge in [0.1, 0.15) is 12.4 Å². The van der Waals surface area contributed by atoms with Crippen LogP contribution >= 0.6 is 0 Å². The van der Waals surface area contributed by atoms with Gasteiger partial charge in [-0.2, -0.15) is 0 Å². The smallest absolute Gasteiger partial charge is 0.165 e. The predicted octanol–water partition coefficient (Wildman–Crippen LogP) is 4.11. The number of ether oxygens (including phenoxy) is 1. The Morgan fingerprint density at radius 1 is 1.32 bits per heavy atom. The van der Waals surface area contributed by atoms with E-state index >= 15 is 0 Å². The number of ketones is 1. The van der Waals surface area contributed by atoms with Gasteiger partial charge in [-0.15, -0.1) is 6.42 Å². The van der Waals surface area contributed by atoms with E-state index in [2.05, 4.69) is 32.8 Å². The number of carbonyl (C=O) groups is 1. The minimum atomic E-state index is -0.195. The highest BCUT2D eigenvalue weighted by Crippen LogP contribution is 2.65. The second-order valence-corrected chi connectivity index (χ2v) is 7.14. The van der Waals surface area contributed by atoms with Crippen LogP contribution in [0.25, 0.3) is 6.08 Å². The van der Waals surface area contributed by atoms with Crippen molar-refractivity contribution < 1.29 is 9.53 Å². The van der Waals surface area contributed by atoms with Crippen LogP contribution in [-0.2, 0) is 4.79 Å². The highest BCUT2D eigenvalue weighted by Gasteiger charge is 2.63. The Morgan fingerprint density at radius 3 is 2.55 bits per heavy atom. The minimum Gasteiger partial charge on any atom is -0.481 e. The van der Waals surface area contributed by atoms with E-state index in [0.717, 1.165) is 29.7 Å². The summed E-state index contributed by atoms with van der Waals surface area (Å²) < 4.78 is 5.38. The van der Waals surface area contributed by atoms with Crippen LogP contribution in [0.1, 0.15) is 39.2 Å². The van der Waals surface area contributed by atoms with E-state index in [9.17, 15) is 4.79 Å². The lowest BCUT2D eigenvalue weighted by Crippen LogP contribution is -2.32. The van der Waals surface area contributed by atoms with Crippen LogP contribution in [0.5, 0.6) is 5.75 Å². The number of allylic oxidation sites excluding steroid dienone is 1. The molecule has 0 radical (unpaired) electrons. The first kappa shape index (κ1) is 14.9. The van der Waals surface area contributed by atoms with Crippen molar-refractivity contribution in [3.05, 3.63) is 35.4 Å². The number of benzene rings is 1. The van der Waals surface area contributed by atoms with Gasteiger partial charge in [-0.3, -0.25) is 4.79 Å². The van der Waals surface area contributed by atoms with Gasteiger partial charge in [0.2, 0.25) is 0 Å². The number of fused-ring (bicyclic) bond motifs is 2. The monoisotopic (exact) mass is 294 g/mol. The number of rotatable bonds is 3. The molecule has 1 aromatic rings. The van der Waals surface area contributed by atoms with Crippen LogP contribution in [0.2, 0.25) is 0 Å². The van der Waals surface area contributed by atoms with E-state index in [1.54, 1.807) is 0 Å². The summed E-state index contributed by atoms with van der Waals surface area (Å²) in [6.07, 6.45) is 9.37. The third-order valence-electron chi connectivity index (χ3n) is 5.89. The SMILES string of the molecule is C#CCOc1ccc(C=C2C(=O)C3(C)CCC2C3(C)C)cc1. The van der Waals surface area contributed by atoms with Crippen molar-refractivity contribution in [1.82, 2.24) is 0 Å². The van der Waals surface area contributed by atoms with Crippen molar-refractivity contribution in [2.24, 2.45) is 16.7 Å². The number of hydrogen-bond acceptors (Lipinski definition) is 2. The van der Waals surface area contributed by atoms with E-state index < -0.39 is 0 Å². The molecule has 3 rings (SSSR count). The molecule has 22 heavy (non-hydrogen) atoms. The average Bonchev–Trinajstić information content (AvgIpc) is 2.81. The first-order chi connectivity index (χ1) is 10.4. The molecular weight excluding hydrogens is 272 g/mol. The van der Waals surface area contributed by atoms with Crippen LogP contribution in [-0.4, -0.2) is 12.4 Å².